The number of aryl methyl sites for hydroxylation is 3. The molecule has 3 aromatic rings. The number of nitrogens with one attached hydrogen (secondary N) is 1. The molecule has 0 unspecified atom stereocenters. The van der Waals surface area contributed by atoms with Crippen molar-refractivity contribution in [1.29, 1.82) is 0 Å². The summed E-state index contributed by atoms with van der Waals surface area (Å²) >= 11 is 1.73. The highest BCUT2D eigenvalue weighted by atomic mass is 32.2. The molecule has 3 rings (SSSR count). The summed E-state index contributed by atoms with van der Waals surface area (Å²) in [6.45, 7) is 4.74. The van der Waals surface area contributed by atoms with Gasteiger partial charge in [0.1, 0.15) is 0 Å². The SMILES string of the molecule is Cc1ccc(Sc2ccc(NC(=O)CCn3ccnn3)cc2)c(C)c1. The van der Waals surface area contributed by atoms with Crippen molar-refractivity contribution in [3.63, 3.8) is 0 Å². The summed E-state index contributed by atoms with van der Waals surface area (Å²) in [4.78, 5) is 14.4. The molecule has 2 aromatic carbocycles. The van der Waals surface area contributed by atoms with Crippen molar-refractivity contribution in [3.05, 3.63) is 66.0 Å². The Morgan fingerprint density at radius 3 is 2.64 bits per heavy atom. The predicted octanol–water partition coefficient (Wildman–Crippen LogP) is 4.07. The summed E-state index contributed by atoms with van der Waals surface area (Å²) < 4.78 is 1.64. The van der Waals surface area contributed by atoms with Gasteiger partial charge in [0.25, 0.3) is 0 Å². The lowest BCUT2D eigenvalue weighted by Gasteiger charge is -2.08. The second kappa shape index (κ2) is 7.98. The maximum Gasteiger partial charge on any atom is 0.226 e. The minimum atomic E-state index is -0.0368. The van der Waals surface area contributed by atoms with Crippen LogP contribution in [0.5, 0.6) is 0 Å². The fourth-order valence-electron chi connectivity index (χ4n) is 2.44. The first-order valence-corrected chi connectivity index (χ1v) is 8.91. The highest BCUT2D eigenvalue weighted by molar-refractivity contribution is 7.99. The van der Waals surface area contributed by atoms with Gasteiger partial charge in [0, 0.05) is 28.1 Å². The Morgan fingerprint density at radius 2 is 1.96 bits per heavy atom. The van der Waals surface area contributed by atoms with Crippen LogP contribution in [-0.2, 0) is 11.3 Å². The number of carbonyl (C=O) groups excluding carboxylic acids is 1. The second-order valence-electron chi connectivity index (χ2n) is 5.86. The van der Waals surface area contributed by atoms with E-state index in [0.29, 0.717) is 13.0 Å². The van der Waals surface area contributed by atoms with Gasteiger partial charge in [0.2, 0.25) is 5.91 Å². The van der Waals surface area contributed by atoms with Crippen molar-refractivity contribution in [2.24, 2.45) is 0 Å². The van der Waals surface area contributed by atoms with Crippen molar-refractivity contribution in [1.82, 2.24) is 15.0 Å². The molecule has 0 aliphatic rings. The molecular weight excluding hydrogens is 332 g/mol. The summed E-state index contributed by atoms with van der Waals surface area (Å²) in [6, 6.07) is 14.4. The van der Waals surface area contributed by atoms with Crippen LogP contribution in [0.3, 0.4) is 0 Å². The Labute approximate surface area is 151 Å². The molecule has 1 aromatic heterocycles. The molecule has 0 saturated heterocycles. The molecule has 0 spiro atoms. The Morgan fingerprint density at radius 1 is 1.16 bits per heavy atom. The minimum Gasteiger partial charge on any atom is -0.326 e. The van der Waals surface area contributed by atoms with Gasteiger partial charge in [-0.3, -0.25) is 9.48 Å². The zero-order chi connectivity index (χ0) is 17.6. The largest absolute Gasteiger partial charge is 0.326 e. The topological polar surface area (TPSA) is 59.8 Å². The Kier molecular flexibility index (Phi) is 5.50. The van der Waals surface area contributed by atoms with E-state index in [4.69, 9.17) is 0 Å². The maximum absolute atomic E-state index is 12.0. The summed E-state index contributed by atoms with van der Waals surface area (Å²) in [5.41, 5.74) is 3.34. The van der Waals surface area contributed by atoms with Gasteiger partial charge < -0.3 is 5.32 Å². The minimum absolute atomic E-state index is 0.0368. The average molecular weight is 352 g/mol. The highest BCUT2D eigenvalue weighted by Crippen LogP contribution is 2.31. The number of anilines is 1. The summed E-state index contributed by atoms with van der Waals surface area (Å²) in [5, 5.41) is 10.5. The Bertz CT molecular complexity index is 844. The van der Waals surface area contributed by atoms with Gasteiger partial charge in [-0.1, -0.05) is 34.7 Å². The van der Waals surface area contributed by atoms with Crippen LogP contribution in [0.25, 0.3) is 0 Å². The van der Waals surface area contributed by atoms with E-state index in [9.17, 15) is 4.79 Å². The lowest BCUT2D eigenvalue weighted by atomic mass is 10.2. The number of hydrogen-bond acceptors (Lipinski definition) is 4. The Hall–Kier alpha value is -2.60. The van der Waals surface area contributed by atoms with Crippen molar-refractivity contribution < 1.29 is 4.79 Å². The van der Waals surface area contributed by atoms with Crippen LogP contribution in [0.2, 0.25) is 0 Å². The molecule has 25 heavy (non-hydrogen) atoms. The number of carbonyl (C=O) groups is 1. The summed E-state index contributed by atoms with van der Waals surface area (Å²) in [6.07, 6.45) is 3.71. The van der Waals surface area contributed by atoms with Crippen molar-refractivity contribution in [2.45, 2.75) is 36.6 Å². The van der Waals surface area contributed by atoms with Crippen LogP contribution in [0.1, 0.15) is 17.5 Å². The zero-order valence-corrected chi connectivity index (χ0v) is 15.1. The fraction of sp³-hybridized carbons (Fsp3) is 0.211. The maximum atomic E-state index is 12.0. The summed E-state index contributed by atoms with van der Waals surface area (Å²) in [7, 11) is 0. The zero-order valence-electron chi connectivity index (χ0n) is 14.3. The van der Waals surface area contributed by atoms with E-state index < -0.39 is 0 Å². The lowest BCUT2D eigenvalue weighted by Crippen LogP contribution is -2.14. The average Bonchev–Trinajstić information content (AvgIpc) is 3.11. The van der Waals surface area contributed by atoms with Gasteiger partial charge >= 0.3 is 0 Å². The lowest BCUT2D eigenvalue weighted by molar-refractivity contribution is -0.116. The number of amides is 1. The standard InChI is InChI=1S/C19H20N4OS/c1-14-3-8-18(15(2)13-14)25-17-6-4-16(5-7-17)21-19(24)9-11-23-12-10-20-22-23/h3-8,10,12-13H,9,11H2,1-2H3,(H,21,24). The van der Waals surface area contributed by atoms with Crippen LogP contribution in [0, 0.1) is 13.8 Å². The number of aromatic nitrogens is 3. The van der Waals surface area contributed by atoms with Crippen LogP contribution in [0.15, 0.2) is 64.6 Å². The molecule has 0 aliphatic heterocycles. The van der Waals surface area contributed by atoms with Gasteiger partial charge in [-0.15, -0.1) is 5.10 Å². The monoisotopic (exact) mass is 352 g/mol. The van der Waals surface area contributed by atoms with Gasteiger partial charge in [-0.2, -0.15) is 0 Å². The molecule has 128 valence electrons. The van der Waals surface area contributed by atoms with E-state index in [1.807, 2.05) is 24.3 Å². The summed E-state index contributed by atoms with van der Waals surface area (Å²) in [5.74, 6) is -0.0368. The van der Waals surface area contributed by atoms with E-state index in [1.54, 1.807) is 28.8 Å². The van der Waals surface area contributed by atoms with Gasteiger partial charge in [-0.25, -0.2) is 0 Å². The number of benzene rings is 2. The van der Waals surface area contributed by atoms with Crippen molar-refractivity contribution in [2.75, 3.05) is 5.32 Å². The van der Waals surface area contributed by atoms with Gasteiger partial charge in [-0.05, 0) is 49.7 Å². The fourth-order valence-corrected chi connectivity index (χ4v) is 3.32. The number of nitrogens with zero attached hydrogens (tertiary/aromatic N) is 3. The smallest absolute Gasteiger partial charge is 0.226 e. The third-order valence-corrected chi connectivity index (χ3v) is 4.92. The van der Waals surface area contributed by atoms with E-state index in [1.165, 1.54) is 16.0 Å². The Balaban J connectivity index is 1.55. The van der Waals surface area contributed by atoms with Gasteiger partial charge in [0.05, 0.1) is 12.7 Å². The molecule has 0 radical (unpaired) electrons. The van der Waals surface area contributed by atoms with E-state index >= 15 is 0 Å². The molecule has 5 nitrogen and oxygen atoms in total. The van der Waals surface area contributed by atoms with Crippen LogP contribution >= 0.6 is 11.8 Å². The molecule has 0 saturated carbocycles. The van der Waals surface area contributed by atoms with E-state index in [2.05, 4.69) is 47.7 Å². The quantitative estimate of drug-likeness (QED) is 0.726. The van der Waals surface area contributed by atoms with Crippen LogP contribution < -0.4 is 5.32 Å². The third-order valence-electron chi connectivity index (χ3n) is 3.74. The number of rotatable bonds is 6. The van der Waals surface area contributed by atoms with Crippen molar-refractivity contribution >= 4 is 23.4 Å². The first-order valence-electron chi connectivity index (χ1n) is 8.09. The molecule has 0 bridgehead atoms. The third kappa shape index (κ3) is 4.93. The predicted molar refractivity (Wildman–Crippen MR) is 99.7 cm³/mol. The second-order valence-corrected chi connectivity index (χ2v) is 6.98. The molecular formula is C19H20N4OS. The first kappa shape index (κ1) is 17.2. The molecule has 1 heterocycles. The van der Waals surface area contributed by atoms with Crippen molar-refractivity contribution in [3.8, 4) is 0 Å². The molecule has 1 N–H and O–H groups in total. The number of hydrogen-bond donors (Lipinski definition) is 1. The normalized spacial score (nSPS) is 10.6. The van der Waals surface area contributed by atoms with Crippen LogP contribution in [-0.4, -0.2) is 20.9 Å². The molecule has 6 heteroatoms. The molecule has 0 fully saturated rings. The van der Waals surface area contributed by atoms with Crippen LogP contribution in [0.4, 0.5) is 5.69 Å². The van der Waals surface area contributed by atoms with E-state index in [-0.39, 0.29) is 5.91 Å². The molecule has 0 atom stereocenters. The van der Waals surface area contributed by atoms with E-state index in [0.717, 1.165) is 10.6 Å². The highest BCUT2D eigenvalue weighted by Gasteiger charge is 2.05. The van der Waals surface area contributed by atoms with Gasteiger partial charge in [0.15, 0.2) is 0 Å². The molecule has 1 amide bonds. The molecule has 0 aliphatic carbocycles. The first-order chi connectivity index (χ1) is 12.1.